The predicted molar refractivity (Wildman–Crippen MR) is 195 cm³/mol. The summed E-state index contributed by atoms with van der Waals surface area (Å²) in [6.07, 6.45) is 2.16. The lowest BCUT2D eigenvalue weighted by Crippen LogP contribution is -2.09. The lowest BCUT2D eigenvalue weighted by molar-refractivity contribution is 1.13. The van der Waals surface area contributed by atoms with E-state index in [1.807, 2.05) is 6.07 Å². The van der Waals surface area contributed by atoms with Gasteiger partial charge >= 0.3 is 0 Å². The summed E-state index contributed by atoms with van der Waals surface area (Å²) in [4.78, 5) is 7.56. The van der Waals surface area contributed by atoms with Gasteiger partial charge in [-0.1, -0.05) is 115 Å². The molecule has 3 heterocycles. The largest absolute Gasteiger partial charge is 0.310 e. The topological polar surface area (TPSA) is 25.5 Å². The minimum atomic E-state index is 0.905. The van der Waals surface area contributed by atoms with Crippen molar-refractivity contribution in [2.24, 2.45) is 0 Å². The Balaban J connectivity index is 1.25. The Morgan fingerprint density at radius 3 is 1.70 bits per heavy atom. The Morgan fingerprint density at radius 1 is 0.447 bits per heavy atom. The Bertz CT molecular complexity index is 2460. The van der Waals surface area contributed by atoms with Crippen LogP contribution < -0.4 is 4.90 Å². The average molecular weight is 603 g/mol. The highest BCUT2D eigenvalue weighted by Gasteiger charge is 2.19. The molecular formula is C43H30N4. The molecule has 9 aromatic rings. The number of hydrogen-bond acceptors (Lipinski definition) is 2. The molecule has 0 saturated heterocycles. The first-order valence-corrected chi connectivity index (χ1v) is 15.9. The van der Waals surface area contributed by atoms with Gasteiger partial charge in [0.25, 0.3) is 0 Å². The van der Waals surface area contributed by atoms with Crippen LogP contribution in [0.4, 0.5) is 17.1 Å². The molecule has 0 aliphatic heterocycles. The highest BCUT2D eigenvalue weighted by atomic mass is 15.1. The Kier molecular flexibility index (Phi) is 6.43. The molecule has 6 aromatic carbocycles. The van der Waals surface area contributed by atoms with E-state index in [2.05, 4.69) is 190 Å². The maximum absolute atomic E-state index is 5.24. The Labute approximate surface area is 273 Å². The number of hydrogen-bond donors (Lipinski definition) is 0. The third-order valence-electron chi connectivity index (χ3n) is 8.91. The lowest BCUT2D eigenvalue weighted by Gasteiger charge is -2.25. The van der Waals surface area contributed by atoms with Crippen LogP contribution in [0.1, 0.15) is 0 Å². The van der Waals surface area contributed by atoms with Gasteiger partial charge in [0, 0.05) is 51.2 Å². The van der Waals surface area contributed by atoms with E-state index in [-0.39, 0.29) is 0 Å². The zero-order valence-corrected chi connectivity index (χ0v) is 25.6. The number of aromatic nitrogens is 3. The standard InChI is InChI=1S/C43H30N4/c1-5-15-31(16-6-1)42-43(32-17-7-2-8-18-32)45-28-27-36(30-41(45)44-42)47-39-24-14-13-23-37(39)38-29-35(25-26-40(38)47)46(33-19-9-3-10-20-33)34-21-11-4-12-22-34/h1-30H. The van der Waals surface area contributed by atoms with E-state index >= 15 is 0 Å². The number of pyridine rings is 1. The van der Waals surface area contributed by atoms with E-state index in [4.69, 9.17) is 4.98 Å². The summed E-state index contributed by atoms with van der Waals surface area (Å²) in [7, 11) is 0. The van der Waals surface area contributed by atoms with Gasteiger partial charge in [0.15, 0.2) is 0 Å². The van der Waals surface area contributed by atoms with Crippen molar-refractivity contribution in [2.75, 3.05) is 4.90 Å². The third-order valence-corrected chi connectivity index (χ3v) is 8.91. The maximum atomic E-state index is 5.24. The minimum absolute atomic E-state index is 0.905. The van der Waals surface area contributed by atoms with Crippen LogP contribution in [0, 0.1) is 0 Å². The highest BCUT2D eigenvalue weighted by molar-refractivity contribution is 6.10. The molecule has 0 amide bonds. The zero-order chi connectivity index (χ0) is 31.2. The first kappa shape index (κ1) is 27.0. The molecule has 0 fully saturated rings. The fraction of sp³-hybridized carbons (Fsp3) is 0. The fourth-order valence-electron chi connectivity index (χ4n) is 6.82. The molecule has 0 unspecified atom stereocenters. The number of anilines is 3. The summed E-state index contributed by atoms with van der Waals surface area (Å²) in [6, 6.07) is 62.0. The second-order valence-corrected chi connectivity index (χ2v) is 11.7. The van der Waals surface area contributed by atoms with Crippen LogP contribution in [0.25, 0.3) is 55.7 Å². The van der Waals surface area contributed by atoms with Crippen LogP contribution in [0.2, 0.25) is 0 Å². The van der Waals surface area contributed by atoms with E-state index in [0.29, 0.717) is 0 Å². The molecule has 0 bridgehead atoms. The molecule has 4 nitrogen and oxygen atoms in total. The number of fused-ring (bicyclic) bond motifs is 4. The second-order valence-electron chi connectivity index (χ2n) is 11.7. The first-order valence-electron chi connectivity index (χ1n) is 15.9. The molecule has 0 atom stereocenters. The molecular weight excluding hydrogens is 573 g/mol. The zero-order valence-electron chi connectivity index (χ0n) is 25.6. The summed E-state index contributed by atoms with van der Waals surface area (Å²) < 4.78 is 4.58. The first-order chi connectivity index (χ1) is 23.3. The number of benzene rings is 6. The second kappa shape index (κ2) is 11.2. The maximum Gasteiger partial charge on any atom is 0.140 e. The van der Waals surface area contributed by atoms with Crippen molar-refractivity contribution < 1.29 is 0 Å². The van der Waals surface area contributed by atoms with Crippen molar-refractivity contribution in [3.63, 3.8) is 0 Å². The van der Waals surface area contributed by atoms with Gasteiger partial charge in [-0.25, -0.2) is 4.98 Å². The van der Waals surface area contributed by atoms with Gasteiger partial charge < -0.3 is 9.47 Å². The normalized spacial score (nSPS) is 11.4. The molecule has 222 valence electrons. The quantitative estimate of drug-likeness (QED) is 0.189. The summed E-state index contributed by atoms with van der Waals surface area (Å²) in [6.45, 7) is 0. The molecule has 0 aliphatic rings. The fourth-order valence-corrected chi connectivity index (χ4v) is 6.82. The molecule has 47 heavy (non-hydrogen) atoms. The van der Waals surface area contributed by atoms with Crippen molar-refractivity contribution in [1.82, 2.24) is 14.0 Å². The molecule has 0 radical (unpaired) electrons. The molecule has 3 aromatic heterocycles. The summed E-state index contributed by atoms with van der Waals surface area (Å²) >= 11 is 0. The van der Waals surface area contributed by atoms with E-state index in [1.165, 1.54) is 10.8 Å². The van der Waals surface area contributed by atoms with Crippen LogP contribution in [0.15, 0.2) is 182 Å². The van der Waals surface area contributed by atoms with E-state index < -0.39 is 0 Å². The molecule has 0 N–H and O–H groups in total. The summed E-state index contributed by atoms with van der Waals surface area (Å²) in [5.41, 5.74) is 11.9. The molecule has 4 heteroatoms. The smallest absolute Gasteiger partial charge is 0.140 e. The van der Waals surface area contributed by atoms with Crippen molar-refractivity contribution in [2.45, 2.75) is 0 Å². The monoisotopic (exact) mass is 602 g/mol. The van der Waals surface area contributed by atoms with E-state index in [9.17, 15) is 0 Å². The van der Waals surface area contributed by atoms with Crippen LogP contribution in [0.5, 0.6) is 0 Å². The summed E-state index contributed by atoms with van der Waals surface area (Å²) in [5.74, 6) is 0. The molecule has 0 saturated carbocycles. The van der Waals surface area contributed by atoms with Gasteiger partial charge in [-0.3, -0.25) is 4.40 Å². The van der Waals surface area contributed by atoms with Gasteiger partial charge in [0.2, 0.25) is 0 Å². The van der Waals surface area contributed by atoms with Gasteiger partial charge in [0.05, 0.1) is 28.1 Å². The third kappa shape index (κ3) is 4.58. The van der Waals surface area contributed by atoms with E-state index in [1.54, 1.807) is 0 Å². The minimum Gasteiger partial charge on any atom is -0.310 e. The predicted octanol–water partition coefficient (Wildman–Crippen LogP) is 11.2. The Morgan fingerprint density at radius 2 is 1.02 bits per heavy atom. The van der Waals surface area contributed by atoms with Crippen molar-refractivity contribution in [3.8, 4) is 28.2 Å². The number of rotatable bonds is 6. The molecule has 0 aliphatic carbocycles. The lowest BCUT2D eigenvalue weighted by atomic mass is 10.1. The Hall–Kier alpha value is -6.39. The van der Waals surface area contributed by atoms with Crippen molar-refractivity contribution in [1.29, 1.82) is 0 Å². The number of para-hydroxylation sites is 3. The SMILES string of the molecule is c1ccc(-c2nc3cc(-n4c5ccccc5c5cc(N(c6ccccc6)c6ccccc6)ccc54)ccn3c2-c2ccccc2)cc1. The number of imidazole rings is 1. The van der Waals surface area contributed by atoms with Crippen LogP contribution in [-0.2, 0) is 0 Å². The van der Waals surface area contributed by atoms with Crippen molar-refractivity contribution >= 4 is 44.5 Å². The molecule has 9 rings (SSSR count). The van der Waals surface area contributed by atoms with Crippen molar-refractivity contribution in [3.05, 3.63) is 182 Å². The van der Waals surface area contributed by atoms with Gasteiger partial charge in [-0.2, -0.15) is 0 Å². The number of nitrogens with zero attached hydrogens (tertiary/aromatic N) is 4. The highest BCUT2D eigenvalue weighted by Crippen LogP contribution is 2.40. The molecule has 0 spiro atoms. The van der Waals surface area contributed by atoms with E-state index in [0.717, 1.165) is 61.9 Å². The van der Waals surface area contributed by atoms with Gasteiger partial charge in [-0.05, 0) is 54.6 Å². The van der Waals surface area contributed by atoms with Crippen LogP contribution >= 0.6 is 0 Å². The van der Waals surface area contributed by atoms with Crippen LogP contribution in [-0.4, -0.2) is 14.0 Å². The van der Waals surface area contributed by atoms with Gasteiger partial charge in [0.1, 0.15) is 5.65 Å². The summed E-state index contributed by atoms with van der Waals surface area (Å²) in [5, 5.41) is 2.41. The average Bonchev–Trinajstić information content (AvgIpc) is 3.69. The van der Waals surface area contributed by atoms with Crippen LogP contribution in [0.3, 0.4) is 0 Å². The van der Waals surface area contributed by atoms with Gasteiger partial charge in [-0.15, -0.1) is 0 Å².